The first-order chi connectivity index (χ1) is 17.7. The monoisotopic (exact) mass is 525 g/mol. The van der Waals surface area contributed by atoms with E-state index >= 15 is 0 Å². The lowest BCUT2D eigenvalue weighted by Gasteiger charge is -2.39. The summed E-state index contributed by atoms with van der Waals surface area (Å²) in [5.74, 6) is 1.07. The summed E-state index contributed by atoms with van der Waals surface area (Å²) in [6, 6.07) is 8.18. The van der Waals surface area contributed by atoms with Crippen LogP contribution in [0.2, 0.25) is 5.02 Å². The number of amides is 1. The Morgan fingerprint density at radius 3 is 2.62 bits per heavy atom. The van der Waals surface area contributed by atoms with Crippen LogP contribution in [-0.2, 0) is 4.79 Å². The number of piperazine rings is 1. The molecule has 2 heterocycles. The summed E-state index contributed by atoms with van der Waals surface area (Å²) in [4.78, 5) is 27.1. The number of aromatic nitrogens is 2. The predicted octanol–water partition coefficient (Wildman–Crippen LogP) is 4.66. The van der Waals surface area contributed by atoms with Crippen LogP contribution < -0.4 is 10.2 Å². The number of halogens is 1. The van der Waals surface area contributed by atoms with Crippen molar-refractivity contribution in [3.63, 3.8) is 0 Å². The number of anilines is 1. The number of rotatable bonds is 6. The molecule has 0 bridgehead atoms. The second kappa shape index (κ2) is 10.9. The molecular weight excluding hydrogens is 486 g/mol. The van der Waals surface area contributed by atoms with Gasteiger partial charge < -0.3 is 20.2 Å². The van der Waals surface area contributed by atoms with Crippen molar-refractivity contribution >= 4 is 23.3 Å². The number of hydrogen-bond acceptors (Lipinski definition) is 6. The van der Waals surface area contributed by atoms with E-state index in [2.05, 4.69) is 41.0 Å². The predicted molar refractivity (Wildman–Crippen MR) is 147 cm³/mol. The highest BCUT2D eigenvalue weighted by Crippen LogP contribution is 2.43. The van der Waals surface area contributed by atoms with Crippen LogP contribution in [0.25, 0.3) is 0 Å². The van der Waals surface area contributed by atoms with Crippen molar-refractivity contribution in [2.75, 3.05) is 37.6 Å². The van der Waals surface area contributed by atoms with Crippen LogP contribution >= 0.6 is 11.6 Å². The largest absolute Gasteiger partial charge is 0.387 e. The molecule has 4 atom stereocenters. The van der Waals surface area contributed by atoms with Crippen LogP contribution in [-0.4, -0.2) is 64.6 Å². The highest BCUT2D eigenvalue weighted by molar-refractivity contribution is 6.30. The molecule has 2 aromatic rings. The van der Waals surface area contributed by atoms with Crippen molar-refractivity contribution in [1.82, 2.24) is 20.2 Å². The third kappa shape index (κ3) is 5.79. The fourth-order valence-corrected chi connectivity index (χ4v) is 6.64. The number of fused-ring (bicyclic) bond motifs is 1. The van der Waals surface area contributed by atoms with E-state index in [-0.39, 0.29) is 17.7 Å². The summed E-state index contributed by atoms with van der Waals surface area (Å²) in [7, 11) is 0. The molecule has 2 fully saturated rings. The number of carbonyl (C=O) groups is 1. The van der Waals surface area contributed by atoms with E-state index < -0.39 is 6.10 Å². The molecule has 1 saturated carbocycles. The van der Waals surface area contributed by atoms with Crippen molar-refractivity contribution < 1.29 is 9.90 Å². The SMILES string of the molecule is C[C@@H]1C[C@@H](O)c2ncnc(N3CCN(C(=O)C(CN[C@H]4CCCC(C)(C)C4)c4ccc(Cl)cc4)CC3)c21. The summed E-state index contributed by atoms with van der Waals surface area (Å²) in [5, 5.41) is 14.8. The molecule has 1 unspecified atom stereocenters. The lowest BCUT2D eigenvalue weighted by molar-refractivity contribution is -0.133. The van der Waals surface area contributed by atoms with Gasteiger partial charge in [-0.1, -0.05) is 50.9 Å². The maximum absolute atomic E-state index is 13.9. The molecule has 1 amide bonds. The zero-order valence-corrected chi connectivity index (χ0v) is 23.0. The fraction of sp³-hybridized carbons (Fsp3) is 0.621. The topological polar surface area (TPSA) is 81.6 Å². The second-order valence-corrected chi connectivity index (χ2v) is 12.4. The standard InChI is InChI=1S/C29H40ClN5O2/c1-19-15-24(36)26-25(19)27(33-18-32-26)34-11-13-35(14-12-34)28(37)23(20-6-8-21(30)9-7-20)17-31-22-5-4-10-29(2,3)16-22/h6-9,18-19,22-24,31,36H,4-5,10-17H2,1-3H3/t19-,22+,23?,24-/m1/s1. The summed E-state index contributed by atoms with van der Waals surface area (Å²) in [6.07, 6.45) is 6.53. The van der Waals surface area contributed by atoms with Gasteiger partial charge >= 0.3 is 0 Å². The molecule has 1 aromatic carbocycles. The Morgan fingerprint density at radius 1 is 1.19 bits per heavy atom. The first-order valence-corrected chi connectivity index (χ1v) is 14.1. The van der Waals surface area contributed by atoms with Gasteiger partial charge in [0.25, 0.3) is 0 Å². The molecule has 200 valence electrons. The molecule has 0 spiro atoms. The molecule has 5 rings (SSSR count). The van der Waals surface area contributed by atoms with Gasteiger partial charge in [-0.2, -0.15) is 0 Å². The minimum absolute atomic E-state index is 0.168. The van der Waals surface area contributed by atoms with Gasteiger partial charge in [0.1, 0.15) is 12.1 Å². The van der Waals surface area contributed by atoms with Crippen molar-refractivity contribution in [3.05, 3.63) is 52.4 Å². The molecule has 8 heteroatoms. The summed E-state index contributed by atoms with van der Waals surface area (Å²) < 4.78 is 0. The first-order valence-electron chi connectivity index (χ1n) is 13.8. The third-order valence-electron chi connectivity index (χ3n) is 8.56. The van der Waals surface area contributed by atoms with Crippen LogP contribution in [0.4, 0.5) is 5.82 Å². The van der Waals surface area contributed by atoms with Gasteiger partial charge in [0, 0.05) is 49.4 Å². The van der Waals surface area contributed by atoms with Crippen LogP contribution in [0, 0.1) is 5.41 Å². The van der Waals surface area contributed by atoms with E-state index in [1.165, 1.54) is 19.3 Å². The number of nitrogens with one attached hydrogen (secondary N) is 1. The molecule has 1 saturated heterocycles. The first kappa shape index (κ1) is 26.4. The minimum atomic E-state index is -0.517. The van der Waals surface area contributed by atoms with Crippen molar-refractivity contribution in [3.8, 4) is 0 Å². The van der Waals surface area contributed by atoms with E-state index in [1.807, 2.05) is 29.2 Å². The van der Waals surface area contributed by atoms with Crippen LogP contribution in [0.5, 0.6) is 0 Å². The van der Waals surface area contributed by atoms with Gasteiger partial charge in [-0.25, -0.2) is 9.97 Å². The second-order valence-electron chi connectivity index (χ2n) is 11.9. The quantitative estimate of drug-likeness (QED) is 0.571. The molecule has 2 N–H and O–H groups in total. The molecule has 1 aromatic heterocycles. The zero-order chi connectivity index (χ0) is 26.2. The molecule has 3 aliphatic rings. The van der Waals surface area contributed by atoms with Crippen molar-refractivity contribution in [2.24, 2.45) is 5.41 Å². The smallest absolute Gasteiger partial charge is 0.231 e. The molecule has 37 heavy (non-hydrogen) atoms. The van der Waals surface area contributed by atoms with E-state index in [0.717, 1.165) is 42.1 Å². The zero-order valence-electron chi connectivity index (χ0n) is 22.3. The van der Waals surface area contributed by atoms with Gasteiger partial charge in [0.15, 0.2) is 0 Å². The maximum atomic E-state index is 13.9. The number of aliphatic hydroxyl groups excluding tert-OH is 1. The van der Waals surface area contributed by atoms with Gasteiger partial charge in [-0.3, -0.25) is 4.79 Å². The molecule has 1 aliphatic heterocycles. The molecule has 0 radical (unpaired) electrons. The van der Waals surface area contributed by atoms with Crippen LogP contribution in [0.1, 0.15) is 87.6 Å². The number of aliphatic hydroxyl groups is 1. The lowest BCUT2D eigenvalue weighted by atomic mass is 9.75. The Balaban J connectivity index is 1.27. The Bertz CT molecular complexity index is 1100. The molecular formula is C29H40ClN5O2. The summed E-state index contributed by atoms with van der Waals surface area (Å²) >= 11 is 6.17. The fourth-order valence-electron chi connectivity index (χ4n) is 6.51. The summed E-state index contributed by atoms with van der Waals surface area (Å²) in [6.45, 7) is 10.2. The van der Waals surface area contributed by atoms with E-state index in [0.29, 0.717) is 42.5 Å². The number of hydrogen-bond donors (Lipinski definition) is 2. The molecule has 7 nitrogen and oxygen atoms in total. The van der Waals surface area contributed by atoms with E-state index in [9.17, 15) is 9.90 Å². The minimum Gasteiger partial charge on any atom is -0.387 e. The Kier molecular flexibility index (Phi) is 7.75. The van der Waals surface area contributed by atoms with Gasteiger partial charge in [0.2, 0.25) is 5.91 Å². The van der Waals surface area contributed by atoms with E-state index in [4.69, 9.17) is 11.6 Å². The molecule has 2 aliphatic carbocycles. The van der Waals surface area contributed by atoms with Crippen LogP contribution in [0.3, 0.4) is 0 Å². The lowest BCUT2D eigenvalue weighted by Crippen LogP contribution is -2.52. The van der Waals surface area contributed by atoms with Crippen LogP contribution in [0.15, 0.2) is 30.6 Å². The number of benzene rings is 1. The van der Waals surface area contributed by atoms with Gasteiger partial charge in [-0.05, 0) is 54.7 Å². The van der Waals surface area contributed by atoms with Crippen molar-refractivity contribution in [2.45, 2.75) is 76.9 Å². The Labute approximate surface area is 225 Å². The Morgan fingerprint density at radius 2 is 1.92 bits per heavy atom. The van der Waals surface area contributed by atoms with E-state index in [1.54, 1.807) is 6.33 Å². The summed E-state index contributed by atoms with van der Waals surface area (Å²) in [5.41, 5.74) is 3.18. The highest BCUT2D eigenvalue weighted by atomic mass is 35.5. The van der Waals surface area contributed by atoms with Gasteiger partial charge in [0.05, 0.1) is 17.7 Å². The van der Waals surface area contributed by atoms with Crippen molar-refractivity contribution in [1.29, 1.82) is 0 Å². The number of nitrogens with zero attached hydrogens (tertiary/aromatic N) is 4. The third-order valence-corrected chi connectivity index (χ3v) is 8.81. The normalized spacial score (nSPS) is 26.1. The average molecular weight is 526 g/mol. The highest BCUT2D eigenvalue weighted by Gasteiger charge is 2.35. The number of carbonyl (C=O) groups excluding carboxylic acids is 1. The average Bonchev–Trinajstić information content (AvgIpc) is 3.18. The van der Waals surface area contributed by atoms with Gasteiger partial charge in [-0.15, -0.1) is 0 Å². The maximum Gasteiger partial charge on any atom is 0.231 e. The Hall–Kier alpha value is -2.22.